The summed E-state index contributed by atoms with van der Waals surface area (Å²) in [5, 5.41) is 3.27. The number of hydrogen-bond donors (Lipinski definition) is 1. The summed E-state index contributed by atoms with van der Waals surface area (Å²) in [5.41, 5.74) is 0.867. The smallest absolute Gasteiger partial charge is 0.247 e. The lowest BCUT2D eigenvalue weighted by molar-refractivity contribution is -0.117. The lowest BCUT2D eigenvalue weighted by Gasteiger charge is -2.26. The third-order valence-electron chi connectivity index (χ3n) is 4.43. The van der Waals surface area contributed by atoms with Crippen molar-refractivity contribution in [2.24, 2.45) is 0 Å². The molecular formula is C18H18ClF2N3O2S. The van der Waals surface area contributed by atoms with Gasteiger partial charge >= 0.3 is 0 Å². The van der Waals surface area contributed by atoms with E-state index >= 15 is 0 Å². The summed E-state index contributed by atoms with van der Waals surface area (Å²) < 4.78 is 32.7. The first-order chi connectivity index (χ1) is 12.9. The van der Waals surface area contributed by atoms with Crippen LogP contribution in [0.1, 0.15) is 6.42 Å². The van der Waals surface area contributed by atoms with Crippen LogP contribution in [0.2, 0.25) is 5.02 Å². The van der Waals surface area contributed by atoms with Crippen LogP contribution in [-0.4, -0.2) is 42.9 Å². The van der Waals surface area contributed by atoms with Gasteiger partial charge in [0.05, 0.1) is 16.8 Å². The van der Waals surface area contributed by atoms with Crippen LogP contribution in [0.25, 0.3) is 0 Å². The number of ether oxygens (including phenoxy) is 1. The second-order valence-corrected chi connectivity index (χ2v) is 7.24. The van der Waals surface area contributed by atoms with Gasteiger partial charge in [-0.15, -0.1) is 11.8 Å². The largest absolute Gasteiger partial charge is 0.380 e. The van der Waals surface area contributed by atoms with E-state index in [4.69, 9.17) is 16.3 Å². The molecule has 9 heteroatoms. The van der Waals surface area contributed by atoms with Crippen LogP contribution in [0.4, 0.5) is 20.2 Å². The molecule has 5 nitrogen and oxygen atoms in total. The van der Waals surface area contributed by atoms with Crippen LogP contribution < -0.4 is 10.2 Å². The van der Waals surface area contributed by atoms with Gasteiger partial charge in [0.25, 0.3) is 0 Å². The van der Waals surface area contributed by atoms with Gasteiger partial charge in [0.15, 0.2) is 11.6 Å². The first kappa shape index (κ1) is 19.9. The van der Waals surface area contributed by atoms with E-state index in [9.17, 15) is 13.6 Å². The van der Waals surface area contributed by atoms with Crippen molar-refractivity contribution in [1.82, 2.24) is 4.98 Å². The van der Waals surface area contributed by atoms with Crippen LogP contribution in [0.3, 0.4) is 0 Å². The van der Waals surface area contributed by atoms with E-state index in [0.717, 1.165) is 11.1 Å². The highest BCUT2D eigenvalue weighted by Gasteiger charge is 2.38. The van der Waals surface area contributed by atoms with Crippen molar-refractivity contribution < 1.29 is 18.3 Å². The maximum Gasteiger partial charge on any atom is 0.247 e. The number of thioether (sulfide) groups is 1. The Labute approximate surface area is 165 Å². The molecule has 1 aliphatic heterocycles. The molecule has 0 aliphatic carbocycles. The average Bonchev–Trinajstić information content (AvgIpc) is 3.11. The molecule has 0 saturated carbocycles. The Balaban J connectivity index is 1.87. The van der Waals surface area contributed by atoms with E-state index in [1.165, 1.54) is 17.8 Å². The van der Waals surface area contributed by atoms with Gasteiger partial charge in [0.1, 0.15) is 11.1 Å². The molecule has 2 unspecified atom stereocenters. The van der Waals surface area contributed by atoms with E-state index < -0.39 is 17.7 Å². The van der Waals surface area contributed by atoms with Crippen LogP contribution in [0, 0.1) is 11.6 Å². The van der Waals surface area contributed by atoms with Crippen LogP contribution in [0.5, 0.6) is 0 Å². The van der Waals surface area contributed by atoms with Crippen molar-refractivity contribution in [3.63, 3.8) is 0 Å². The molecule has 1 aromatic heterocycles. The quantitative estimate of drug-likeness (QED) is 0.593. The average molecular weight is 414 g/mol. The second kappa shape index (κ2) is 8.41. The molecule has 2 heterocycles. The second-order valence-electron chi connectivity index (χ2n) is 6.03. The van der Waals surface area contributed by atoms with Crippen LogP contribution in [0.15, 0.2) is 35.5 Å². The third-order valence-corrected chi connectivity index (χ3v) is 5.44. The lowest BCUT2D eigenvalue weighted by Crippen LogP contribution is -2.40. The Morgan fingerprint density at radius 2 is 2.19 bits per heavy atom. The maximum atomic E-state index is 13.9. The lowest BCUT2D eigenvalue weighted by atomic mass is 10.1. The van der Waals surface area contributed by atoms with Crippen molar-refractivity contribution in [1.29, 1.82) is 0 Å². The molecule has 0 spiro atoms. The zero-order valence-corrected chi connectivity index (χ0v) is 16.3. The minimum absolute atomic E-state index is 0.232. The van der Waals surface area contributed by atoms with Gasteiger partial charge < -0.3 is 15.0 Å². The molecule has 0 bridgehead atoms. The summed E-state index contributed by atoms with van der Waals surface area (Å²) in [6.45, 7) is 0.339. The summed E-state index contributed by atoms with van der Waals surface area (Å²) in [6, 6.07) is 5.19. The van der Waals surface area contributed by atoms with Crippen LogP contribution in [-0.2, 0) is 9.53 Å². The molecule has 2 atom stereocenters. The zero-order valence-electron chi connectivity index (χ0n) is 14.7. The Morgan fingerprint density at radius 3 is 2.89 bits per heavy atom. The number of carbonyl (C=O) groups excluding carboxylic acids is 1. The van der Waals surface area contributed by atoms with Gasteiger partial charge in [0.2, 0.25) is 5.91 Å². The Bertz CT molecular complexity index is 855. The van der Waals surface area contributed by atoms with E-state index in [0.29, 0.717) is 18.7 Å². The number of methoxy groups -OCH3 is 1. The molecule has 1 amide bonds. The first-order valence-corrected chi connectivity index (χ1v) is 9.78. The number of nitrogens with one attached hydrogen (secondary N) is 1. The van der Waals surface area contributed by atoms with Crippen molar-refractivity contribution >= 4 is 40.6 Å². The van der Waals surface area contributed by atoms with Gasteiger partial charge in [-0.05, 0) is 30.5 Å². The number of hydrogen-bond acceptors (Lipinski definition) is 5. The molecule has 1 N–H and O–H groups in total. The minimum Gasteiger partial charge on any atom is -0.380 e. The van der Waals surface area contributed by atoms with Crippen molar-refractivity contribution in [2.45, 2.75) is 23.6 Å². The minimum atomic E-state index is -1.13. The molecule has 1 aromatic carbocycles. The van der Waals surface area contributed by atoms with Crippen molar-refractivity contribution in [3.05, 3.63) is 47.1 Å². The highest BCUT2D eigenvalue weighted by atomic mass is 35.5. The number of nitrogens with zero attached hydrogens (tertiary/aromatic N) is 2. The summed E-state index contributed by atoms with van der Waals surface area (Å²) in [4.78, 5) is 18.7. The highest BCUT2D eigenvalue weighted by Crippen LogP contribution is 2.35. The van der Waals surface area contributed by atoms with E-state index in [2.05, 4.69) is 10.3 Å². The number of carbonyl (C=O) groups is 1. The Kier molecular flexibility index (Phi) is 6.18. The zero-order chi connectivity index (χ0) is 19.6. The number of halogens is 3. The topological polar surface area (TPSA) is 54.5 Å². The third kappa shape index (κ3) is 4.17. The highest BCUT2D eigenvalue weighted by molar-refractivity contribution is 7.98. The fourth-order valence-corrected chi connectivity index (χ4v) is 3.72. The number of amides is 1. The first-order valence-electron chi connectivity index (χ1n) is 8.18. The molecule has 3 rings (SSSR count). The molecule has 27 heavy (non-hydrogen) atoms. The molecule has 144 valence electrons. The fourth-order valence-electron chi connectivity index (χ4n) is 3.04. The Morgan fingerprint density at radius 1 is 1.41 bits per heavy atom. The summed E-state index contributed by atoms with van der Waals surface area (Å²) in [6.07, 6.45) is 3.67. The standard InChI is InChI=1S/C18H18ClF2N3O2S/c1-26-11-8-14(18(25)23-10-5-6-22-15(7-10)27-2)24(9-11)13-4-3-12(20)17(21)16(13)19/h3-7,11,14H,8-9H2,1-2H3,(H,22,23,25). The van der Waals surface area contributed by atoms with E-state index in [-0.39, 0.29) is 22.7 Å². The summed E-state index contributed by atoms with van der Waals surface area (Å²) >= 11 is 7.46. The number of rotatable bonds is 5. The molecule has 1 saturated heterocycles. The fraction of sp³-hybridized carbons (Fsp3) is 0.333. The molecule has 1 fully saturated rings. The SMILES string of the molecule is COC1CC(C(=O)Nc2ccnc(SC)c2)N(c2ccc(F)c(F)c2Cl)C1. The predicted molar refractivity (Wildman–Crippen MR) is 103 cm³/mol. The Hall–Kier alpha value is -1.90. The van der Waals surface area contributed by atoms with Crippen molar-refractivity contribution in [2.75, 3.05) is 30.1 Å². The van der Waals surface area contributed by atoms with Gasteiger partial charge in [-0.1, -0.05) is 11.6 Å². The molecular weight excluding hydrogens is 396 g/mol. The van der Waals surface area contributed by atoms with Gasteiger partial charge in [-0.2, -0.15) is 0 Å². The van der Waals surface area contributed by atoms with Gasteiger partial charge in [-0.3, -0.25) is 4.79 Å². The van der Waals surface area contributed by atoms with Crippen molar-refractivity contribution in [3.8, 4) is 0 Å². The summed E-state index contributed by atoms with van der Waals surface area (Å²) in [7, 11) is 1.55. The van der Waals surface area contributed by atoms with E-state index in [1.807, 2.05) is 6.26 Å². The number of benzene rings is 1. The van der Waals surface area contributed by atoms with Gasteiger partial charge in [0, 0.05) is 32.0 Å². The maximum absolute atomic E-state index is 13.9. The number of aromatic nitrogens is 1. The monoisotopic (exact) mass is 413 g/mol. The van der Waals surface area contributed by atoms with E-state index in [1.54, 1.807) is 30.3 Å². The van der Waals surface area contributed by atoms with Crippen LogP contribution >= 0.6 is 23.4 Å². The molecule has 1 aliphatic rings. The normalized spacial score (nSPS) is 19.4. The summed E-state index contributed by atoms with van der Waals surface area (Å²) in [5.74, 6) is -2.45. The predicted octanol–water partition coefficient (Wildman–Crippen LogP) is 3.97. The molecule has 0 radical (unpaired) electrons. The molecule has 2 aromatic rings. The van der Waals surface area contributed by atoms with Gasteiger partial charge in [-0.25, -0.2) is 13.8 Å². The number of anilines is 2. The number of pyridine rings is 1.